The third-order valence-corrected chi connectivity index (χ3v) is 4.74. The van der Waals surface area contributed by atoms with Gasteiger partial charge < -0.3 is 9.30 Å². The molecule has 1 aromatic carbocycles. The summed E-state index contributed by atoms with van der Waals surface area (Å²) in [6.07, 6.45) is -5.00. The van der Waals surface area contributed by atoms with Crippen LogP contribution in [-0.4, -0.2) is 31.3 Å². The lowest BCUT2D eigenvalue weighted by atomic mass is 10.1. The quantitative estimate of drug-likeness (QED) is 0.485. The van der Waals surface area contributed by atoms with Gasteiger partial charge in [-0.3, -0.25) is 4.40 Å². The number of hydrogen-bond acceptors (Lipinski definition) is 4. The number of benzene rings is 1. The summed E-state index contributed by atoms with van der Waals surface area (Å²) < 4.78 is 45.3. The molecule has 4 rings (SSSR count). The van der Waals surface area contributed by atoms with Crippen molar-refractivity contribution in [1.82, 2.24) is 19.2 Å². The summed E-state index contributed by atoms with van der Waals surface area (Å²) >= 11 is 0. The minimum Gasteiger partial charge on any atom is -0.454 e. The van der Waals surface area contributed by atoms with Gasteiger partial charge in [-0.05, 0) is 43.2 Å². The van der Waals surface area contributed by atoms with Crippen LogP contribution in [0.3, 0.4) is 0 Å². The zero-order chi connectivity index (χ0) is 20.8. The third-order valence-electron chi connectivity index (χ3n) is 4.74. The zero-order valence-electron chi connectivity index (χ0n) is 15.7. The number of aromatic nitrogens is 4. The topological polar surface area (TPSA) is 61.4 Å². The number of aryl methyl sites for hydroxylation is 2. The summed E-state index contributed by atoms with van der Waals surface area (Å²) in [7, 11) is 0. The molecule has 0 aliphatic rings. The second kappa shape index (κ2) is 6.91. The highest BCUT2D eigenvalue weighted by molar-refractivity contribution is 5.81. The van der Waals surface area contributed by atoms with E-state index >= 15 is 0 Å². The molecule has 6 nitrogen and oxygen atoms in total. The van der Waals surface area contributed by atoms with E-state index in [4.69, 9.17) is 0 Å². The van der Waals surface area contributed by atoms with Crippen molar-refractivity contribution in [1.29, 1.82) is 0 Å². The summed E-state index contributed by atoms with van der Waals surface area (Å²) in [6, 6.07) is 12.9. The van der Waals surface area contributed by atoms with Crippen molar-refractivity contribution in [3.05, 3.63) is 65.1 Å². The van der Waals surface area contributed by atoms with Gasteiger partial charge >= 0.3 is 12.1 Å². The number of alkyl halides is 3. The van der Waals surface area contributed by atoms with Gasteiger partial charge in [-0.15, -0.1) is 10.2 Å². The Hall–Kier alpha value is -3.36. The number of ether oxygens (including phenoxy) is 1. The molecule has 4 aromatic rings. The normalized spacial score (nSPS) is 12.0. The highest BCUT2D eigenvalue weighted by Gasteiger charge is 2.40. The molecule has 0 saturated heterocycles. The standard InChI is InChI=1S/C20H17F3N4O2/c1-12-8-17-16(6-7-18-25-24-13(2)27(17)18)26(12)10-14-4-3-5-15(9-14)11-29-19(28)20(21,22)23/h3-9H,10-11H2,1-2H3. The number of esters is 1. The van der Waals surface area contributed by atoms with E-state index in [1.807, 2.05) is 42.5 Å². The summed E-state index contributed by atoms with van der Waals surface area (Å²) in [4.78, 5) is 10.9. The molecule has 0 bridgehead atoms. The van der Waals surface area contributed by atoms with Crippen molar-refractivity contribution in [2.45, 2.75) is 33.2 Å². The Bertz CT molecular complexity index is 1220. The Labute approximate surface area is 163 Å². The number of halogens is 3. The molecule has 0 aliphatic carbocycles. The fraction of sp³-hybridized carbons (Fsp3) is 0.250. The van der Waals surface area contributed by atoms with Crippen LogP contribution in [0.15, 0.2) is 42.5 Å². The van der Waals surface area contributed by atoms with E-state index in [0.29, 0.717) is 12.1 Å². The molecule has 9 heteroatoms. The molecule has 0 atom stereocenters. The van der Waals surface area contributed by atoms with Gasteiger partial charge in [-0.2, -0.15) is 13.2 Å². The number of carbonyl (C=O) groups excluding carboxylic acids is 1. The average Bonchev–Trinajstić information content (AvgIpc) is 3.19. The molecule has 0 amide bonds. The van der Waals surface area contributed by atoms with Crippen LogP contribution < -0.4 is 0 Å². The van der Waals surface area contributed by atoms with Crippen LogP contribution in [-0.2, 0) is 22.7 Å². The summed E-state index contributed by atoms with van der Waals surface area (Å²) in [6.45, 7) is 3.96. The van der Waals surface area contributed by atoms with Gasteiger partial charge in [0.1, 0.15) is 12.4 Å². The summed E-state index contributed by atoms with van der Waals surface area (Å²) in [5, 5.41) is 8.25. The fourth-order valence-electron chi connectivity index (χ4n) is 3.41. The SMILES string of the molecule is Cc1cc2c(ccc3nnc(C)n32)n1Cc1cccc(COC(=O)C(F)(F)F)c1. The first-order chi connectivity index (χ1) is 13.7. The van der Waals surface area contributed by atoms with Crippen LogP contribution in [0.1, 0.15) is 22.6 Å². The van der Waals surface area contributed by atoms with E-state index in [0.717, 1.165) is 33.8 Å². The average molecular weight is 402 g/mol. The van der Waals surface area contributed by atoms with Gasteiger partial charge in [0, 0.05) is 12.2 Å². The van der Waals surface area contributed by atoms with E-state index in [-0.39, 0.29) is 0 Å². The minimum atomic E-state index is -5.00. The number of hydrogen-bond donors (Lipinski definition) is 0. The van der Waals surface area contributed by atoms with E-state index in [2.05, 4.69) is 19.5 Å². The van der Waals surface area contributed by atoms with Crippen LogP contribution in [0.25, 0.3) is 16.7 Å². The largest absolute Gasteiger partial charge is 0.490 e. The second-order valence-electron chi connectivity index (χ2n) is 6.81. The highest BCUT2D eigenvalue weighted by Crippen LogP contribution is 2.24. The maximum absolute atomic E-state index is 12.3. The predicted octanol–water partition coefficient (Wildman–Crippen LogP) is 3.95. The third kappa shape index (κ3) is 3.55. The van der Waals surface area contributed by atoms with Gasteiger partial charge in [-0.25, -0.2) is 4.79 Å². The number of fused-ring (bicyclic) bond motifs is 3. The lowest BCUT2D eigenvalue weighted by molar-refractivity contribution is -0.201. The molecule has 3 heterocycles. The Morgan fingerprint density at radius 3 is 2.55 bits per heavy atom. The van der Waals surface area contributed by atoms with Gasteiger partial charge in [0.05, 0.1) is 11.0 Å². The molecule has 0 N–H and O–H groups in total. The van der Waals surface area contributed by atoms with Crippen molar-refractivity contribution >= 4 is 22.6 Å². The maximum atomic E-state index is 12.3. The van der Waals surface area contributed by atoms with E-state index < -0.39 is 18.8 Å². The molecular weight excluding hydrogens is 385 g/mol. The molecule has 0 fully saturated rings. The molecule has 0 aliphatic heterocycles. The minimum absolute atomic E-state index is 0.432. The second-order valence-corrected chi connectivity index (χ2v) is 6.81. The van der Waals surface area contributed by atoms with Gasteiger partial charge in [0.2, 0.25) is 0 Å². The molecule has 0 radical (unpaired) electrons. The van der Waals surface area contributed by atoms with Crippen molar-refractivity contribution in [2.75, 3.05) is 0 Å². The number of pyridine rings is 1. The predicted molar refractivity (Wildman–Crippen MR) is 99.4 cm³/mol. The molecule has 0 spiro atoms. The van der Waals surface area contributed by atoms with E-state index in [1.165, 1.54) is 0 Å². The molecule has 0 saturated carbocycles. The Morgan fingerprint density at radius 1 is 1.03 bits per heavy atom. The molecule has 3 aromatic heterocycles. The van der Waals surface area contributed by atoms with Crippen LogP contribution in [0, 0.1) is 13.8 Å². The first kappa shape index (κ1) is 19.0. The van der Waals surface area contributed by atoms with Gasteiger partial charge in [-0.1, -0.05) is 24.3 Å². The Balaban J connectivity index is 1.62. The van der Waals surface area contributed by atoms with Crippen molar-refractivity contribution in [3.63, 3.8) is 0 Å². The Morgan fingerprint density at radius 2 is 1.79 bits per heavy atom. The van der Waals surface area contributed by atoms with Crippen LogP contribution in [0.5, 0.6) is 0 Å². The number of rotatable bonds is 4. The van der Waals surface area contributed by atoms with Crippen molar-refractivity contribution in [2.24, 2.45) is 0 Å². The monoisotopic (exact) mass is 402 g/mol. The van der Waals surface area contributed by atoms with E-state index in [1.54, 1.807) is 18.2 Å². The lowest BCUT2D eigenvalue weighted by Crippen LogP contribution is -2.25. The number of carbonyl (C=O) groups is 1. The first-order valence-corrected chi connectivity index (χ1v) is 8.86. The van der Waals surface area contributed by atoms with Gasteiger partial charge in [0.15, 0.2) is 5.65 Å². The molecule has 29 heavy (non-hydrogen) atoms. The van der Waals surface area contributed by atoms with Crippen LogP contribution in [0.2, 0.25) is 0 Å². The van der Waals surface area contributed by atoms with E-state index in [9.17, 15) is 18.0 Å². The van der Waals surface area contributed by atoms with Crippen molar-refractivity contribution < 1.29 is 22.7 Å². The van der Waals surface area contributed by atoms with Crippen LogP contribution >= 0.6 is 0 Å². The Kier molecular flexibility index (Phi) is 4.52. The first-order valence-electron chi connectivity index (χ1n) is 8.86. The highest BCUT2D eigenvalue weighted by atomic mass is 19.4. The molecular formula is C20H17F3N4O2. The summed E-state index contributed by atoms with van der Waals surface area (Å²) in [5.41, 5.74) is 5.14. The van der Waals surface area contributed by atoms with Crippen LogP contribution in [0.4, 0.5) is 13.2 Å². The number of nitrogens with zero attached hydrogens (tertiary/aromatic N) is 4. The van der Waals surface area contributed by atoms with Gasteiger partial charge in [0.25, 0.3) is 0 Å². The zero-order valence-corrected chi connectivity index (χ0v) is 15.7. The lowest BCUT2D eigenvalue weighted by Gasteiger charge is -2.11. The molecule has 0 unspecified atom stereocenters. The maximum Gasteiger partial charge on any atom is 0.490 e. The smallest absolute Gasteiger partial charge is 0.454 e. The van der Waals surface area contributed by atoms with Crippen molar-refractivity contribution in [3.8, 4) is 0 Å². The molecule has 150 valence electrons. The fourth-order valence-corrected chi connectivity index (χ4v) is 3.41. The summed E-state index contributed by atoms with van der Waals surface area (Å²) in [5.74, 6) is -1.40.